The molecule has 8 heteroatoms. The van der Waals surface area contributed by atoms with Gasteiger partial charge in [0, 0.05) is 10.6 Å². The molecule has 30 heavy (non-hydrogen) atoms. The fourth-order valence-electron chi connectivity index (χ4n) is 2.50. The van der Waals surface area contributed by atoms with Gasteiger partial charge in [0.1, 0.15) is 12.4 Å². The van der Waals surface area contributed by atoms with E-state index in [0.29, 0.717) is 44.3 Å². The molecule has 0 unspecified atom stereocenters. The number of nitrogens with one attached hydrogen (secondary N) is 1. The number of halogens is 3. The molecule has 3 aromatic carbocycles. The zero-order valence-electron chi connectivity index (χ0n) is 15.9. The van der Waals surface area contributed by atoms with Crippen LogP contribution >= 0.6 is 34.8 Å². The molecule has 5 nitrogen and oxygen atoms in total. The second kappa shape index (κ2) is 10.3. The standard InChI is InChI=1S/C22H17Cl3N2O3/c1-29-18-8-4-16(5-9-18)22(28)27-26-12-15-10-19(24)21(20(25)11-15)30-13-14-2-6-17(23)7-3-14/h2-12H,13H2,1H3,(H,27,28)/b26-12-. The summed E-state index contributed by atoms with van der Waals surface area (Å²) in [7, 11) is 1.56. The van der Waals surface area contributed by atoms with Gasteiger partial charge in [0.2, 0.25) is 0 Å². The molecule has 0 saturated heterocycles. The average molecular weight is 464 g/mol. The van der Waals surface area contributed by atoms with Gasteiger partial charge in [0.05, 0.1) is 23.4 Å². The minimum Gasteiger partial charge on any atom is -0.497 e. The molecular weight excluding hydrogens is 447 g/mol. The van der Waals surface area contributed by atoms with Gasteiger partial charge < -0.3 is 9.47 Å². The maximum atomic E-state index is 12.1. The van der Waals surface area contributed by atoms with E-state index in [1.807, 2.05) is 12.1 Å². The van der Waals surface area contributed by atoms with E-state index in [9.17, 15) is 4.79 Å². The number of hydrogen-bond acceptors (Lipinski definition) is 4. The Kier molecular flexibility index (Phi) is 7.57. The predicted octanol–water partition coefficient (Wildman–Crippen LogP) is 6.00. The number of carbonyl (C=O) groups is 1. The summed E-state index contributed by atoms with van der Waals surface area (Å²) in [6.45, 7) is 0.294. The molecule has 0 spiro atoms. The number of methoxy groups -OCH3 is 1. The van der Waals surface area contributed by atoms with Crippen molar-refractivity contribution in [1.82, 2.24) is 5.43 Å². The molecule has 0 saturated carbocycles. The Morgan fingerprint density at radius 1 is 1.00 bits per heavy atom. The molecule has 0 aliphatic rings. The minimum atomic E-state index is -0.353. The van der Waals surface area contributed by atoms with Crippen molar-refractivity contribution in [2.45, 2.75) is 6.61 Å². The molecule has 1 N–H and O–H groups in total. The topological polar surface area (TPSA) is 59.9 Å². The second-order valence-corrected chi connectivity index (χ2v) is 7.41. The molecule has 0 atom stereocenters. The third kappa shape index (κ3) is 5.89. The van der Waals surface area contributed by atoms with Gasteiger partial charge in [0.25, 0.3) is 5.91 Å². The molecule has 0 radical (unpaired) electrons. The number of hydrogen-bond donors (Lipinski definition) is 1. The molecule has 0 fully saturated rings. The lowest BCUT2D eigenvalue weighted by atomic mass is 10.2. The highest BCUT2D eigenvalue weighted by atomic mass is 35.5. The second-order valence-electron chi connectivity index (χ2n) is 6.16. The van der Waals surface area contributed by atoms with Crippen molar-refractivity contribution in [3.8, 4) is 11.5 Å². The molecule has 0 heterocycles. The maximum absolute atomic E-state index is 12.1. The first kappa shape index (κ1) is 22.0. The Labute approximate surface area is 189 Å². The Balaban J connectivity index is 1.62. The van der Waals surface area contributed by atoms with E-state index in [0.717, 1.165) is 5.56 Å². The van der Waals surface area contributed by atoms with Gasteiger partial charge in [-0.3, -0.25) is 4.79 Å². The molecule has 0 bridgehead atoms. The largest absolute Gasteiger partial charge is 0.497 e. The van der Waals surface area contributed by atoms with Gasteiger partial charge in [0.15, 0.2) is 5.75 Å². The SMILES string of the molecule is COc1ccc(C(=O)N/N=C\c2cc(Cl)c(OCc3ccc(Cl)cc3)c(Cl)c2)cc1. The third-order valence-electron chi connectivity index (χ3n) is 4.05. The summed E-state index contributed by atoms with van der Waals surface area (Å²) in [6.07, 6.45) is 1.45. The van der Waals surface area contributed by atoms with Crippen molar-refractivity contribution in [2.75, 3.05) is 7.11 Å². The Morgan fingerprint density at radius 3 is 2.23 bits per heavy atom. The van der Waals surface area contributed by atoms with Gasteiger partial charge in [-0.05, 0) is 59.7 Å². The van der Waals surface area contributed by atoms with Crippen molar-refractivity contribution in [2.24, 2.45) is 5.10 Å². The predicted molar refractivity (Wildman–Crippen MR) is 120 cm³/mol. The first-order valence-corrected chi connectivity index (χ1v) is 9.93. The van der Waals surface area contributed by atoms with E-state index in [-0.39, 0.29) is 5.91 Å². The summed E-state index contributed by atoms with van der Waals surface area (Å²) in [5, 5.41) is 5.26. The minimum absolute atomic E-state index is 0.294. The lowest BCUT2D eigenvalue weighted by Crippen LogP contribution is -2.17. The van der Waals surface area contributed by atoms with Crippen LogP contribution < -0.4 is 14.9 Å². The number of amides is 1. The lowest BCUT2D eigenvalue weighted by Gasteiger charge is -2.11. The van der Waals surface area contributed by atoms with Crippen LogP contribution in [-0.2, 0) is 6.61 Å². The van der Waals surface area contributed by atoms with Crippen molar-refractivity contribution in [3.05, 3.63) is 92.4 Å². The Morgan fingerprint density at radius 2 is 1.63 bits per heavy atom. The van der Waals surface area contributed by atoms with Gasteiger partial charge in [-0.2, -0.15) is 5.10 Å². The van der Waals surface area contributed by atoms with Crippen molar-refractivity contribution < 1.29 is 14.3 Å². The number of ether oxygens (including phenoxy) is 2. The summed E-state index contributed by atoms with van der Waals surface area (Å²) < 4.78 is 10.8. The summed E-state index contributed by atoms with van der Waals surface area (Å²) in [5.41, 5.74) is 4.44. The van der Waals surface area contributed by atoms with Crippen molar-refractivity contribution in [1.29, 1.82) is 0 Å². The van der Waals surface area contributed by atoms with Crippen LogP contribution in [0.25, 0.3) is 0 Å². The molecule has 3 rings (SSSR count). The first-order chi connectivity index (χ1) is 14.5. The average Bonchev–Trinajstić information content (AvgIpc) is 2.74. The molecule has 154 valence electrons. The third-order valence-corrected chi connectivity index (χ3v) is 4.86. The van der Waals surface area contributed by atoms with E-state index in [4.69, 9.17) is 44.3 Å². The number of carbonyl (C=O) groups excluding carboxylic acids is 1. The van der Waals surface area contributed by atoms with Crippen LogP contribution in [-0.4, -0.2) is 19.2 Å². The van der Waals surface area contributed by atoms with Crippen LogP contribution in [0.2, 0.25) is 15.1 Å². The number of nitrogens with zero attached hydrogens (tertiary/aromatic N) is 1. The molecular formula is C22H17Cl3N2O3. The summed E-state index contributed by atoms with van der Waals surface area (Å²) >= 11 is 18.5. The zero-order chi connectivity index (χ0) is 21.5. The van der Waals surface area contributed by atoms with Crippen molar-refractivity contribution in [3.63, 3.8) is 0 Å². The lowest BCUT2D eigenvalue weighted by molar-refractivity contribution is 0.0955. The molecule has 3 aromatic rings. The number of benzene rings is 3. The number of rotatable bonds is 7. The molecule has 0 aliphatic carbocycles. The van der Waals surface area contributed by atoms with Crippen LogP contribution in [0.3, 0.4) is 0 Å². The fraction of sp³-hybridized carbons (Fsp3) is 0.0909. The summed E-state index contributed by atoms with van der Waals surface area (Å²) in [6, 6.07) is 17.2. The van der Waals surface area contributed by atoms with Gasteiger partial charge in [-0.15, -0.1) is 0 Å². The maximum Gasteiger partial charge on any atom is 0.271 e. The van der Waals surface area contributed by atoms with Gasteiger partial charge in [-0.25, -0.2) is 5.43 Å². The highest BCUT2D eigenvalue weighted by Gasteiger charge is 2.10. The highest BCUT2D eigenvalue weighted by Crippen LogP contribution is 2.34. The molecule has 0 aliphatic heterocycles. The van der Waals surface area contributed by atoms with E-state index in [2.05, 4.69) is 10.5 Å². The summed E-state index contributed by atoms with van der Waals surface area (Å²) in [4.78, 5) is 12.1. The van der Waals surface area contributed by atoms with Crippen LogP contribution in [0.15, 0.2) is 65.8 Å². The molecule has 1 amide bonds. The van der Waals surface area contributed by atoms with Crippen LogP contribution in [0, 0.1) is 0 Å². The number of hydrazone groups is 1. The van der Waals surface area contributed by atoms with E-state index in [1.54, 1.807) is 55.6 Å². The smallest absolute Gasteiger partial charge is 0.271 e. The van der Waals surface area contributed by atoms with E-state index in [1.165, 1.54) is 6.21 Å². The van der Waals surface area contributed by atoms with Crippen LogP contribution in [0.4, 0.5) is 0 Å². The van der Waals surface area contributed by atoms with Gasteiger partial charge >= 0.3 is 0 Å². The van der Waals surface area contributed by atoms with E-state index < -0.39 is 0 Å². The zero-order valence-corrected chi connectivity index (χ0v) is 18.1. The quantitative estimate of drug-likeness (QED) is 0.345. The van der Waals surface area contributed by atoms with E-state index >= 15 is 0 Å². The Hall–Kier alpha value is -2.73. The summed E-state index contributed by atoms with van der Waals surface area (Å²) in [5.74, 6) is 0.680. The first-order valence-electron chi connectivity index (χ1n) is 8.80. The van der Waals surface area contributed by atoms with Crippen LogP contribution in [0.1, 0.15) is 21.5 Å². The van der Waals surface area contributed by atoms with Gasteiger partial charge in [-0.1, -0.05) is 46.9 Å². The Bertz CT molecular complexity index is 1030. The van der Waals surface area contributed by atoms with Crippen LogP contribution in [0.5, 0.6) is 11.5 Å². The highest BCUT2D eigenvalue weighted by molar-refractivity contribution is 6.37. The monoisotopic (exact) mass is 462 g/mol. The fourth-order valence-corrected chi connectivity index (χ4v) is 3.24. The normalized spacial score (nSPS) is 10.8. The molecule has 0 aromatic heterocycles. The van der Waals surface area contributed by atoms with Crippen molar-refractivity contribution >= 4 is 46.9 Å².